The summed E-state index contributed by atoms with van der Waals surface area (Å²) in [5, 5.41) is 12.9. The Morgan fingerprint density at radius 2 is 1.88 bits per heavy atom. The molecule has 32 heavy (non-hydrogen) atoms. The highest BCUT2D eigenvalue weighted by atomic mass is 16.6. The third-order valence-electron chi connectivity index (χ3n) is 5.74. The van der Waals surface area contributed by atoms with Crippen LogP contribution in [0.25, 0.3) is 0 Å². The van der Waals surface area contributed by atoms with Gasteiger partial charge in [-0.25, -0.2) is 4.79 Å². The van der Waals surface area contributed by atoms with E-state index in [1.807, 2.05) is 25.1 Å². The third-order valence-corrected chi connectivity index (χ3v) is 5.74. The fraction of sp³-hybridized carbons (Fsp3) is 0.200. The number of rotatable bonds is 4. The van der Waals surface area contributed by atoms with E-state index >= 15 is 0 Å². The van der Waals surface area contributed by atoms with Gasteiger partial charge in [-0.3, -0.25) is 4.79 Å². The molecule has 1 amide bonds. The Labute approximate surface area is 184 Å². The van der Waals surface area contributed by atoms with Gasteiger partial charge < -0.3 is 24.6 Å². The summed E-state index contributed by atoms with van der Waals surface area (Å²) in [4.78, 5) is 24.6. The van der Waals surface area contributed by atoms with Gasteiger partial charge in [-0.15, -0.1) is 0 Å². The van der Waals surface area contributed by atoms with Crippen LogP contribution in [0.3, 0.4) is 0 Å². The molecule has 0 fully saturated rings. The molecule has 0 radical (unpaired) electrons. The number of carbonyl (C=O) groups excluding carboxylic acids is 2. The van der Waals surface area contributed by atoms with Crippen LogP contribution in [-0.2, 0) is 21.7 Å². The summed E-state index contributed by atoms with van der Waals surface area (Å²) in [5.41, 5.74) is 1.76. The van der Waals surface area contributed by atoms with Crippen molar-refractivity contribution < 1.29 is 28.9 Å². The molecule has 0 aromatic heterocycles. The highest BCUT2D eigenvalue weighted by Crippen LogP contribution is 2.58. The van der Waals surface area contributed by atoms with Crippen LogP contribution in [0.1, 0.15) is 46.5 Å². The summed E-state index contributed by atoms with van der Waals surface area (Å²) in [5.74, 6) is 0.712. The Hall–Kier alpha value is -4.00. The van der Waals surface area contributed by atoms with Gasteiger partial charge in [0, 0.05) is 29.7 Å². The lowest BCUT2D eigenvalue weighted by Crippen LogP contribution is -2.34. The van der Waals surface area contributed by atoms with Crippen LogP contribution in [0.15, 0.2) is 54.6 Å². The van der Waals surface area contributed by atoms with Crippen LogP contribution in [-0.4, -0.2) is 23.6 Å². The van der Waals surface area contributed by atoms with Crippen molar-refractivity contribution in [1.82, 2.24) is 5.32 Å². The number of nitrogens with one attached hydrogen (secondary N) is 1. The zero-order valence-corrected chi connectivity index (χ0v) is 17.6. The Morgan fingerprint density at radius 1 is 1.09 bits per heavy atom. The maximum atomic E-state index is 12.9. The summed E-state index contributed by atoms with van der Waals surface area (Å²) < 4.78 is 18.2. The highest BCUT2D eigenvalue weighted by Gasteiger charge is 2.54. The molecule has 7 heteroatoms. The summed E-state index contributed by atoms with van der Waals surface area (Å²) >= 11 is 0. The number of benzene rings is 3. The summed E-state index contributed by atoms with van der Waals surface area (Å²) in [7, 11) is 0. The van der Waals surface area contributed by atoms with Gasteiger partial charge in [0.2, 0.25) is 5.91 Å². The molecule has 0 saturated carbocycles. The number of phenols is 1. The molecular weight excluding hydrogens is 410 g/mol. The summed E-state index contributed by atoms with van der Waals surface area (Å²) in [6, 6.07) is 15.6. The Bertz CT molecular complexity index is 1270. The first-order valence-electron chi connectivity index (χ1n) is 10.3. The van der Waals surface area contributed by atoms with E-state index in [1.165, 1.54) is 19.1 Å². The number of ether oxygens (including phenoxy) is 3. The minimum Gasteiger partial charge on any atom is -0.508 e. The monoisotopic (exact) mass is 431 g/mol. The average Bonchev–Trinajstić information content (AvgIpc) is 3.06. The van der Waals surface area contributed by atoms with Crippen molar-refractivity contribution in [1.29, 1.82) is 0 Å². The molecule has 2 N–H and O–H groups in total. The molecule has 0 saturated heterocycles. The van der Waals surface area contributed by atoms with Crippen LogP contribution in [0, 0.1) is 0 Å². The number of aromatic hydroxyl groups is 1. The van der Waals surface area contributed by atoms with Crippen molar-refractivity contribution in [2.75, 3.05) is 6.61 Å². The quantitative estimate of drug-likeness (QED) is 0.607. The lowest BCUT2D eigenvalue weighted by atomic mass is 9.77. The lowest BCUT2D eigenvalue weighted by Gasteiger charge is -2.37. The second-order valence-electron chi connectivity index (χ2n) is 7.66. The molecule has 1 spiro atoms. The first-order valence-corrected chi connectivity index (χ1v) is 10.3. The Kier molecular flexibility index (Phi) is 4.55. The van der Waals surface area contributed by atoms with E-state index in [0.29, 0.717) is 51.7 Å². The number of hydrogen-bond acceptors (Lipinski definition) is 6. The molecule has 162 valence electrons. The average molecular weight is 431 g/mol. The van der Waals surface area contributed by atoms with Crippen molar-refractivity contribution in [3.8, 4) is 23.0 Å². The van der Waals surface area contributed by atoms with E-state index in [2.05, 4.69) is 5.32 Å². The number of phenolic OH excluding ortho intramolecular Hbond substituents is 1. The molecule has 3 aromatic rings. The smallest absolute Gasteiger partial charge is 0.340 e. The molecule has 3 aromatic carbocycles. The SMILES string of the molecule is CCOc1ccc2c(c1CNC(C)=O)Oc1cc(O)ccc1C21OC(=O)c2ccccc21. The molecule has 2 heterocycles. The molecule has 1 atom stereocenters. The van der Waals surface area contributed by atoms with Gasteiger partial charge >= 0.3 is 5.97 Å². The normalized spacial score (nSPS) is 17.6. The predicted molar refractivity (Wildman–Crippen MR) is 115 cm³/mol. The number of fused-ring (bicyclic) bond motifs is 6. The van der Waals surface area contributed by atoms with Gasteiger partial charge in [-0.2, -0.15) is 0 Å². The molecule has 1 unspecified atom stereocenters. The molecule has 7 nitrogen and oxygen atoms in total. The maximum Gasteiger partial charge on any atom is 0.340 e. The second kappa shape index (κ2) is 7.30. The van der Waals surface area contributed by atoms with Gasteiger partial charge in [0.05, 0.1) is 24.3 Å². The molecule has 5 rings (SSSR count). The van der Waals surface area contributed by atoms with E-state index in [1.54, 1.807) is 24.3 Å². The predicted octanol–water partition coefficient (Wildman–Crippen LogP) is 4.00. The van der Waals surface area contributed by atoms with Crippen molar-refractivity contribution in [3.63, 3.8) is 0 Å². The molecule has 2 aliphatic heterocycles. The topological polar surface area (TPSA) is 94.1 Å². The van der Waals surface area contributed by atoms with Crippen LogP contribution in [0.5, 0.6) is 23.0 Å². The highest BCUT2D eigenvalue weighted by molar-refractivity contribution is 5.97. The minimum atomic E-state index is -1.25. The van der Waals surface area contributed by atoms with Crippen molar-refractivity contribution in [2.45, 2.75) is 26.0 Å². The van der Waals surface area contributed by atoms with Gasteiger partial charge in [-0.05, 0) is 37.3 Å². The van der Waals surface area contributed by atoms with Crippen molar-refractivity contribution >= 4 is 11.9 Å². The van der Waals surface area contributed by atoms with E-state index in [9.17, 15) is 14.7 Å². The zero-order valence-electron chi connectivity index (χ0n) is 17.6. The van der Waals surface area contributed by atoms with Crippen molar-refractivity contribution in [2.24, 2.45) is 0 Å². The number of carbonyl (C=O) groups is 2. The lowest BCUT2D eigenvalue weighted by molar-refractivity contribution is -0.119. The van der Waals surface area contributed by atoms with E-state index < -0.39 is 11.6 Å². The number of esters is 1. The summed E-state index contributed by atoms with van der Waals surface area (Å²) in [6.07, 6.45) is 0. The van der Waals surface area contributed by atoms with Gasteiger partial charge in [-0.1, -0.05) is 18.2 Å². The maximum absolute atomic E-state index is 12.9. The molecular formula is C25H21NO6. The van der Waals surface area contributed by atoms with Gasteiger partial charge in [0.1, 0.15) is 23.0 Å². The fourth-order valence-electron chi connectivity index (χ4n) is 4.43. The van der Waals surface area contributed by atoms with Gasteiger partial charge in [0.25, 0.3) is 0 Å². The Morgan fingerprint density at radius 3 is 2.66 bits per heavy atom. The van der Waals surface area contributed by atoms with E-state index in [4.69, 9.17) is 14.2 Å². The van der Waals surface area contributed by atoms with Gasteiger partial charge in [0.15, 0.2) is 5.60 Å². The Balaban J connectivity index is 1.82. The molecule has 2 aliphatic rings. The molecule has 0 aliphatic carbocycles. The first kappa shape index (κ1) is 19.9. The van der Waals surface area contributed by atoms with Crippen LogP contribution in [0.2, 0.25) is 0 Å². The second-order valence-corrected chi connectivity index (χ2v) is 7.66. The zero-order chi connectivity index (χ0) is 22.5. The van der Waals surface area contributed by atoms with Crippen LogP contribution >= 0.6 is 0 Å². The van der Waals surface area contributed by atoms with Crippen LogP contribution < -0.4 is 14.8 Å². The summed E-state index contributed by atoms with van der Waals surface area (Å²) in [6.45, 7) is 3.88. The number of hydrogen-bond donors (Lipinski definition) is 2. The minimum absolute atomic E-state index is 0.0179. The van der Waals surface area contributed by atoms with Crippen molar-refractivity contribution in [3.05, 3.63) is 82.4 Å². The van der Waals surface area contributed by atoms with Crippen LogP contribution in [0.4, 0.5) is 0 Å². The largest absolute Gasteiger partial charge is 0.508 e. The van der Waals surface area contributed by atoms with E-state index in [-0.39, 0.29) is 18.2 Å². The third kappa shape index (κ3) is 2.81. The standard InChI is InChI=1S/C25H21NO6/c1-3-30-21-11-10-20-23(17(21)13-26-14(2)27)31-22-12-15(28)8-9-19(22)25(20)18-7-5-4-6-16(18)24(29)32-25/h4-12,28H,3,13H2,1-2H3,(H,26,27). The fourth-order valence-corrected chi connectivity index (χ4v) is 4.43. The first-order chi connectivity index (χ1) is 15.5. The van der Waals surface area contributed by atoms with E-state index in [0.717, 1.165) is 0 Å². The molecule has 0 bridgehead atoms. The number of amides is 1.